The number of carbonyl (C=O) groups is 3. The second-order valence-electron chi connectivity index (χ2n) is 8.17. The third kappa shape index (κ3) is 4.22. The van der Waals surface area contributed by atoms with E-state index in [1.807, 2.05) is 6.92 Å². The van der Waals surface area contributed by atoms with Gasteiger partial charge in [-0.25, -0.2) is 9.69 Å². The van der Waals surface area contributed by atoms with Crippen LogP contribution in [0.2, 0.25) is 5.02 Å². The number of barbiturate groups is 1. The Bertz CT molecular complexity index is 1490. The highest BCUT2D eigenvalue weighted by Crippen LogP contribution is 2.33. The first-order valence-corrected chi connectivity index (χ1v) is 11.1. The lowest BCUT2D eigenvalue weighted by Gasteiger charge is -2.26. The summed E-state index contributed by atoms with van der Waals surface area (Å²) in [6.07, 6.45) is 1.41. The number of anilines is 1. The molecule has 1 fully saturated rings. The van der Waals surface area contributed by atoms with Gasteiger partial charge in [-0.1, -0.05) is 17.7 Å². The van der Waals surface area contributed by atoms with Gasteiger partial charge in [0.05, 0.1) is 29.5 Å². The van der Waals surface area contributed by atoms with Crippen LogP contribution in [0.4, 0.5) is 16.2 Å². The Morgan fingerprint density at radius 3 is 2.42 bits per heavy atom. The number of non-ortho nitro benzene ring substituents is 1. The third-order valence-corrected chi connectivity index (χ3v) is 6.31. The second kappa shape index (κ2) is 9.31. The lowest BCUT2D eigenvalue weighted by atomic mass is 10.1. The topological polar surface area (TPSA) is 124 Å². The summed E-state index contributed by atoms with van der Waals surface area (Å²) in [6, 6.07) is 9.85. The first-order valence-electron chi connectivity index (χ1n) is 10.7. The summed E-state index contributed by atoms with van der Waals surface area (Å²) >= 11 is 6.17. The number of halogens is 1. The number of hydrogen-bond donors (Lipinski definition) is 1. The molecule has 1 aliphatic heterocycles. The molecular weight excluding hydrogens is 488 g/mol. The Labute approximate surface area is 210 Å². The molecule has 1 N–H and O–H groups in total. The monoisotopic (exact) mass is 508 g/mol. The van der Waals surface area contributed by atoms with Gasteiger partial charge in [0, 0.05) is 22.5 Å². The summed E-state index contributed by atoms with van der Waals surface area (Å²) < 4.78 is 7.17. The summed E-state index contributed by atoms with van der Waals surface area (Å²) in [5.74, 6) is -1.33. The highest BCUT2D eigenvalue weighted by Gasteiger charge is 2.37. The molecule has 10 nitrogen and oxygen atoms in total. The van der Waals surface area contributed by atoms with Gasteiger partial charge in [0.2, 0.25) is 0 Å². The quantitative estimate of drug-likeness (QED) is 0.232. The molecule has 0 atom stereocenters. The molecule has 11 heteroatoms. The van der Waals surface area contributed by atoms with E-state index < -0.39 is 22.8 Å². The van der Waals surface area contributed by atoms with Crippen LogP contribution in [0.5, 0.6) is 5.75 Å². The van der Waals surface area contributed by atoms with E-state index in [9.17, 15) is 24.5 Å². The number of nitro groups is 1. The summed E-state index contributed by atoms with van der Waals surface area (Å²) in [5, 5.41) is 13.7. The maximum Gasteiger partial charge on any atom is 0.335 e. The first-order chi connectivity index (χ1) is 17.0. The number of aryl methyl sites for hydroxylation is 2. The van der Waals surface area contributed by atoms with Crippen LogP contribution in [0.3, 0.4) is 0 Å². The molecule has 1 saturated heterocycles. The van der Waals surface area contributed by atoms with Crippen LogP contribution in [0.15, 0.2) is 48.0 Å². The van der Waals surface area contributed by atoms with E-state index in [1.54, 1.807) is 42.7 Å². The molecule has 0 bridgehead atoms. The van der Waals surface area contributed by atoms with Gasteiger partial charge in [0.25, 0.3) is 17.5 Å². The number of nitrogens with one attached hydrogen (secondary N) is 1. The number of aromatic nitrogens is 1. The minimum atomic E-state index is -0.872. The van der Waals surface area contributed by atoms with Crippen LogP contribution < -0.4 is 15.0 Å². The predicted octanol–water partition coefficient (Wildman–Crippen LogP) is 4.64. The second-order valence-corrected chi connectivity index (χ2v) is 8.57. The van der Waals surface area contributed by atoms with Crippen molar-refractivity contribution >= 4 is 46.9 Å². The molecule has 0 spiro atoms. The van der Waals surface area contributed by atoms with Gasteiger partial charge in [-0.2, -0.15) is 0 Å². The molecule has 2 heterocycles. The lowest BCUT2D eigenvalue weighted by Crippen LogP contribution is -2.54. The zero-order chi connectivity index (χ0) is 26.3. The third-order valence-electron chi connectivity index (χ3n) is 5.90. The van der Waals surface area contributed by atoms with Crippen LogP contribution in [-0.2, 0) is 9.59 Å². The van der Waals surface area contributed by atoms with Crippen molar-refractivity contribution in [1.29, 1.82) is 0 Å². The van der Waals surface area contributed by atoms with Crippen LogP contribution >= 0.6 is 11.6 Å². The van der Waals surface area contributed by atoms with Crippen molar-refractivity contribution in [2.45, 2.75) is 20.8 Å². The van der Waals surface area contributed by atoms with Gasteiger partial charge in [-0.05, 0) is 62.2 Å². The van der Waals surface area contributed by atoms with Gasteiger partial charge < -0.3 is 9.30 Å². The van der Waals surface area contributed by atoms with E-state index in [0.29, 0.717) is 22.0 Å². The number of amides is 4. The standard InChI is InChI=1S/C25H21ClN4O6/c1-13-5-6-17(11-20(13)26)29-24(32)19(23(31)27-25(29)33)10-16-9-14(2)28(15(16)3)21-8-7-18(30(34)35)12-22(21)36-4/h5-12H,1-4H3,(H,27,31,33)/b19-10-. The lowest BCUT2D eigenvalue weighted by molar-refractivity contribution is -0.384. The normalized spacial score (nSPS) is 14.9. The number of imide groups is 2. The summed E-state index contributed by atoms with van der Waals surface area (Å²) in [4.78, 5) is 49.9. The van der Waals surface area contributed by atoms with Crippen LogP contribution in [-0.4, -0.2) is 34.4 Å². The average molecular weight is 509 g/mol. The Morgan fingerprint density at radius 2 is 1.78 bits per heavy atom. The Hall–Kier alpha value is -4.44. The highest BCUT2D eigenvalue weighted by molar-refractivity contribution is 6.39. The van der Waals surface area contributed by atoms with Crippen molar-refractivity contribution in [1.82, 2.24) is 9.88 Å². The van der Waals surface area contributed by atoms with Gasteiger partial charge in [0.1, 0.15) is 11.3 Å². The number of methoxy groups -OCH3 is 1. The van der Waals surface area contributed by atoms with E-state index in [4.69, 9.17) is 16.3 Å². The number of nitrogens with zero attached hydrogens (tertiary/aromatic N) is 3. The molecular formula is C25H21ClN4O6. The van der Waals surface area contributed by atoms with Crippen molar-refractivity contribution in [3.63, 3.8) is 0 Å². The molecule has 0 aliphatic carbocycles. The van der Waals surface area contributed by atoms with Crippen molar-refractivity contribution in [3.05, 3.63) is 85.7 Å². The van der Waals surface area contributed by atoms with E-state index in [1.165, 1.54) is 31.4 Å². The number of urea groups is 1. The molecule has 2 aromatic carbocycles. The SMILES string of the molecule is COc1cc([N+](=O)[O-])ccc1-n1c(C)cc(/C=C2/C(=O)NC(=O)N(c3ccc(C)c(Cl)c3)C2=O)c1C. The van der Waals surface area contributed by atoms with E-state index in [0.717, 1.165) is 16.2 Å². The minimum Gasteiger partial charge on any atom is -0.494 e. The molecule has 3 aromatic rings. The Morgan fingerprint density at radius 1 is 1.06 bits per heavy atom. The largest absolute Gasteiger partial charge is 0.494 e. The molecule has 1 aromatic heterocycles. The van der Waals surface area contributed by atoms with E-state index in [2.05, 4.69) is 5.32 Å². The van der Waals surface area contributed by atoms with Gasteiger partial charge in [0.15, 0.2) is 0 Å². The molecule has 0 saturated carbocycles. The number of hydrogen-bond acceptors (Lipinski definition) is 6. The number of carbonyl (C=O) groups excluding carboxylic acids is 3. The predicted molar refractivity (Wildman–Crippen MR) is 134 cm³/mol. The summed E-state index contributed by atoms with van der Waals surface area (Å²) in [6.45, 7) is 5.37. The van der Waals surface area contributed by atoms with Gasteiger partial charge in [-0.15, -0.1) is 0 Å². The van der Waals surface area contributed by atoms with Crippen LogP contribution in [0.25, 0.3) is 11.8 Å². The summed E-state index contributed by atoms with van der Waals surface area (Å²) in [7, 11) is 1.41. The fraction of sp³-hybridized carbons (Fsp3) is 0.160. The minimum absolute atomic E-state index is 0.120. The highest BCUT2D eigenvalue weighted by atomic mass is 35.5. The fourth-order valence-electron chi connectivity index (χ4n) is 4.04. The van der Waals surface area contributed by atoms with Crippen molar-refractivity contribution < 1.29 is 24.0 Å². The van der Waals surface area contributed by atoms with E-state index >= 15 is 0 Å². The first kappa shape index (κ1) is 24.7. The zero-order valence-corrected chi connectivity index (χ0v) is 20.5. The average Bonchev–Trinajstić information content (AvgIpc) is 3.10. The molecule has 184 valence electrons. The van der Waals surface area contributed by atoms with Crippen molar-refractivity contribution in [2.24, 2.45) is 0 Å². The molecule has 1 aliphatic rings. The van der Waals surface area contributed by atoms with Crippen molar-refractivity contribution in [3.8, 4) is 11.4 Å². The number of ether oxygens (including phenoxy) is 1. The Kier molecular flexibility index (Phi) is 6.38. The van der Waals surface area contributed by atoms with Gasteiger partial charge >= 0.3 is 6.03 Å². The zero-order valence-electron chi connectivity index (χ0n) is 19.8. The maximum absolute atomic E-state index is 13.3. The van der Waals surface area contributed by atoms with Gasteiger partial charge in [-0.3, -0.25) is 25.0 Å². The summed E-state index contributed by atoms with van der Waals surface area (Å²) in [5.41, 5.74) is 3.12. The maximum atomic E-state index is 13.3. The molecule has 0 unspecified atom stereocenters. The Balaban J connectivity index is 1.78. The number of benzene rings is 2. The number of rotatable bonds is 5. The fourth-order valence-corrected chi connectivity index (χ4v) is 4.21. The van der Waals surface area contributed by atoms with Crippen molar-refractivity contribution in [2.75, 3.05) is 12.0 Å². The smallest absolute Gasteiger partial charge is 0.335 e. The molecule has 4 rings (SSSR count). The number of nitro benzene ring substituents is 1. The molecule has 36 heavy (non-hydrogen) atoms. The van der Waals surface area contributed by atoms with Crippen LogP contribution in [0.1, 0.15) is 22.5 Å². The molecule has 4 amide bonds. The van der Waals surface area contributed by atoms with Crippen LogP contribution in [0, 0.1) is 30.9 Å². The molecule has 0 radical (unpaired) electrons. The van der Waals surface area contributed by atoms with E-state index in [-0.39, 0.29) is 22.7 Å².